The van der Waals surface area contributed by atoms with Crippen molar-refractivity contribution in [3.8, 4) is 0 Å². The number of nitrogens with one attached hydrogen (secondary N) is 4. The van der Waals surface area contributed by atoms with E-state index in [0.29, 0.717) is 6.54 Å². The Bertz CT molecular complexity index is 817. The van der Waals surface area contributed by atoms with Crippen molar-refractivity contribution in [1.29, 1.82) is 0 Å². The van der Waals surface area contributed by atoms with E-state index in [1.54, 1.807) is 0 Å². The quantitative estimate of drug-likeness (QED) is 0.634. The fourth-order valence-corrected chi connectivity index (χ4v) is 3.37. The van der Waals surface area contributed by atoms with Gasteiger partial charge in [-0.2, -0.15) is 0 Å². The van der Waals surface area contributed by atoms with E-state index in [4.69, 9.17) is 0 Å². The zero-order valence-corrected chi connectivity index (χ0v) is 16.5. The molecule has 1 aliphatic rings. The third-order valence-electron chi connectivity index (χ3n) is 5.24. The van der Waals surface area contributed by atoms with E-state index in [2.05, 4.69) is 26.6 Å². The van der Waals surface area contributed by atoms with Gasteiger partial charge in [0.15, 0.2) is 6.54 Å². The molecule has 3 rings (SSSR count). The molecule has 0 atom stereocenters. The number of carbonyl (C=O) groups is 2. The molecular weight excluding hydrogens is 354 g/mol. The summed E-state index contributed by atoms with van der Waals surface area (Å²) in [5, 5.41) is 5.60. The highest BCUT2D eigenvalue weighted by molar-refractivity contribution is 5.95. The van der Waals surface area contributed by atoms with Crippen molar-refractivity contribution in [2.45, 2.75) is 13.8 Å². The molecule has 1 saturated heterocycles. The Morgan fingerprint density at radius 3 is 2.57 bits per heavy atom. The lowest BCUT2D eigenvalue weighted by atomic mass is 10.1. The number of benzene rings is 1. The van der Waals surface area contributed by atoms with Crippen molar-refractivity contribution in [2.75, 3.05) is 49.5 Å². The first-order chi connectivity index (χ1) is 13.5. The number of aromatic nitrogens is 1. The fraction of sp³-hybridized carbons (Fsp3) is 0.381. The molecule has 1 aliphatic heterocycles. The lowest BCUT2D eigenvalue weighted by Gasteiger charge is -2.27. The lowest BCUT2D eigenvalue weighted by molar-refractivity contribution is -0.892. The third-order valence-corrected chi connectivity index (χ3v) is 5.24. The van der Waals surface area contributed by atoms with Gasteiger partial charge in [0, 0.05) is 11.8 Å². The smallest absolute Gasteiger partial charge is 0.275 e. The summed E-state index contributed by atoms with van der Waals surface area (Å²) in [7, 11) is 0. The number of H-pyrrole nitrogens is 1. The van der Waals surface area contributed by atoms with Crippen molar-refractivity contribution in [3.63, 3.8) is 0 Å². The summed E-state index contributed by atoms with van der Waals surface area (Å²) in [6.07, 6.45) is 1.92. The maximum atomic E-state index is 12.2. The average Bonchev–Trinajstić information content (AvgIpc) is 2.71. The number of hydrogen-bond acceptors (Lipinski definition) is 3. The molecular formula is C21H29N5O2+2. The summed E-state index contributed by atoms with van der Waals surface area (Å²) in [6, 6.07) is 11.8. The molecule has 1 aromatic carbocycles. The molecule has 1 aromatic heterocycles. The summed E-state index contributed by atoms with van der Waals surface area (Å²) in [5.74, 6) is 0.807. The van der Waals surface area contributed by atoms with Gasteiger partial charge in [-0.05, 0) is 37.1 Å². The summed E-state index contributed by atoms with van der Waals surface area (Å²) in [6.45, 7) is 7.95. The molecule has 7 heteroatoms. The Morgan fingerprint density at radius 2 is 1.86 bits per heavy atom. The highest BCUT2D eigenvalue weighted by atomic mass is 16.2. The van der Waals surface area contributed by atoms with Crippen LogP contribution in [0.5, 0.6) is 0 Å². The maximum Gasteiger partial charge on any atom is 0.275 e. The minimum atomic E-state index is -0.207. The number of carbonyl (C=O) groups excluding carboxylic acids is 2. The Morgan fingerprint density at radius 1 is 1.07 bits per heavy atom. The molecule has 2 aromatic rings. The first-order valence-electron chi connectivity index (χ1n) is 9.71. The average molecular weight is 383 g/mol. The molecule has 0 unspecified atom stereocenters. The Hall–Kier alpha value is -2.93. The number of hydrogen-bond donors (Lipinski definition) is 3. The second-order valence-electron chi connectivity index (χ2n) is 7.23. The second kappa shape index (κ2) is 9.32. The van der Waals surface area contributed by atoms with Crippen molar-refractivity contribution < 1.29 is 19.5 Å². The summed E-state index contributed by atoms with van der Waals surface area (Å²) < 4.78 is 0. The summed E-state index contributed by atoms with van der Waals surface area (Å²) in [4.78, 5) is 31.1. The summed E-state index contributed by atoms with van der Waals surface area (Å²) in [5.41, 5.74) is 2.96. The largest absolute Gasteiger partial charge is 0.342 e. The Labute approximate surface area is 165 Å². The number of nitrogens with zero attached hydrogens (tertiary/aromatic N) is 1. The normalized spacial score (nSPS) is 14.6. The molecule has 148 valence electrons. The Balaban J connectivity index is 1.39. The first kappa shape index (κ1) is 19.8. The van der Waals surface area contributed by atoms with Crippen LogP contribution in [0.1, 0.15) is 11.1 Å². The van der Waals surface area contributed by atoms with Gasteiger partial charge in [-0.1, -0.05) is 18.2 Å². The van der Waals surface area contributed by atoms with Gasteiger partial charge >= 0.3 is 0 Å². The maximum absolute atomic E-state index is 12.2. The zero-order valence-electron chi connectivity index (χ0n) is 16.5. The topological polar surface area (TPSA) is 80.0 Å². The minimum absolute atomic E-state index is 0.00933. The molecule has 2 amide bonds. The van der Waals surface area contributed by atoms with Crippen LogP contribution in [-0.2, 0) is 9.59 Å². The van der Waals surface area contributed by atoms with E-state index in [-0.39, 0.29) is 18.4 Å². The Kier molecular flexibility index (Phi) is 6.60. The lowest BCUT2D eigenvalue weighted by Crippen LogP contribution is -3.16. The first-order valence-corrected chi connectivity index (χ1v) is 9.71. The standard InChI is InChI=1S/C21H27N5O2/c1-16-6-5-7-18(17(16)2)24-20(27)14-23-21(28)15-25-10-12-26(13-11-25)19-8-3-4-9-22-19/h3-9H,10-15H2,1-2H3,(H,23,28)(H,24,27)/p+2. The minimum Gasteiger partial charge on any atom is -0.342 e. The number of quaternary nitrogens is 1. The van der Waals surface area contributed by atoms with Crippen LogP contribution in [0.3, 0.4) is 0 Å². The fourth-order valence-electron chi connectivity index (χ4n) is 3.37. The number of amides is 2. The van der Waals surface area contributed by atoms with E-state index < -0.39 is 0 Å². The number of rotatable bonds is 6. The van der Waals surface area contributed by atoms with Gasteiger partial charge in [0.05, 0.1) is 12.7 Å². The van der Waals surface area contributed by atoms with E-state index >= 15 is 0 Å². The molecule has 1 fully saturated rings. The molecule has 7 nitrogen and oxygen atoms in total. The van der Waals surface area contributed by atoms with Gasteiger partial charge in [0.25, 0.3) is 11.7 Å². The molecule has 0 aliphatic carbocycles. The van der Waals surface area contributed by atoms with E-state index in [1.807, 2.05) is 50.4 Å². The van der Waals surface area contributed by atoms with Gasteiger partial charge < -0.3 is 15.5 Å². The van der Waals surface area contributed by atoms with Gasteiger partial charge in [-0.25, -0.2) is 4.98 Å². The van der Waals surface area contributed by atoms with Crippen LogP contribution < -0.4 is 25.4 Å². The third kappa shape index (κ3) is 5.29. The number of aryl methyl sites for hydroxylation is 1. The molecule has 0 bridgehead atoms. The molecule has 0 radical (unpaired) electrons. The van der Waals surface area contributed by atoms with Crippen molar-refractivity contribution in [3.05, 3.63) is 53.7 Å². The second-order valence-corrected chi connectivity index (χ2v) is 7.23. The van der Waals surface area contributed by atoms with Crippen LogP contribution in [0.4, 0.5) is 11.5 Å². The predicted molar refractivity (Wildman–Crippen MR) is 108 cm³/mol. The van der Waals surface area contributed by atoms with Crippen LogP contribution in [0.2, 0.25) is 0 Å². The van der Waals surface area contributed by atoms with Gasteiger partial charge in [-0.3, -0.25) is 14.5 Å². The number of anilines is 2. The van der Waals surface area contributed by atoms with E-state index in [0.717, 1.165) is 48.8 Å². The van der Waals surface area contributed by atoms with Crippen LogP contribution in [0.25, 0.3) is 0 Å². The highest BCUT2D eigenvalue weighted by Gasteiger charge is 2.27. The zero-order chi connectivity index (χ0) is 19.9. The molecule has 0 spiro atoms. The molecule has 4 N–H and O–H groups in total. The molecule has 2 heterocycles. The van der Waals surface area contributed by atoms with Crippen LogP contribution in [0, 0.1) is 13.8 Å². The highest BCUT2D eigenvalue weighted by Crippen LogP contribution is 2.17. The van der Waals surface area contributed by atoms with E-state index in [1.165, 1.54) is 4.90 Å². The number of piperazine rings is 1. The van der Waals surface area contributed by atoms with Gasteiger partial charge in [0.2, 0.25) is 5.91 Å². The number of aromatic amines is 1. The van der Waals surface area contributed by atoms with Crippen LogP contribution >= 0.6 is 0 Å². The predicted octanol–water partition coefficient (Wildman–Crippen LogP) is -0.423. The van der Waals surface area contributed by atoms with Gasteiger partial charge in [-0.15, -0.1) is 0 Å². The van der Waals surface area contributed by atoms with Crippen molar-refractivity contribution >= 4 is 23.3 Å². The van der Waals surface area contributed by atoms with Crippen molar-refractivity contribution in [1.82, 2.24) is 5.32 Å². The van der Waals surface area contributed by atoms with Crippen molar-refractivity contribution in [2.24, 2.45) is 0 Å². The monoisotopic (exact) mass is 383 g/mol. The molecule has 28 heavy (non-hydrogen) atoms. The van der Waals surface area contributed by atoms with E-state index in [9.17, 15) is 9.59 Å². The summed E-state index contributed by atoms with van der Waals surface area (Å²) >= 11 is 0. The number of pyridine rings is 1. The molecule has 0 saturated carbocycles. The van der Waals surface area contributed by atoms with Crippen LogP contribution in [0.15, 0.2) is 42.6 Å². The SMILES string of the molecule is Cc1cccc(NC(=O)CNC(=O)C[NH+]2CCN(c3cccc[nH+]3)CC2)c1C. The van der Waals surface area contributed by atoms with Gasteiger partial charge in [0.1, 0.15) is 26.2 Å². The van der Waals surface area contributed by atoms with Crippen LogP contribution in [-0.4, -0.2) is 51.1 Å².